The smallest absolute Gasteiger partial charge is 0.138 e. The van der Waals surface area contributed by atoms with Crippen molar-refractivity contribution in [2.45, 2.75) is 31.5 Å². The molecule has 1 aliphatic rings. The highest BCUT2D eigenvalue weighted by Crippen LogP contribution is 2.35. The molecule has 1 aromatic rings. The summed E-state index contributed by atoms with van der Waals surface area (Å²) in [6.07, 6.45) is 1.15. The lowest BCUT2D eigenvalue weighted by Crippen LogP contribution is -2.36. The van der Waals surface area contributed by atoms with Gasteiger partial charge in [0.05, 0.1) is 0 Å². The average Bonchev–Trinajstić information content (AvgIpc) is 2.39. The standard InChI is InChI=1S/C14H21FN2/c1-11(16-2)12-3-5-13(6-4-12)14(15)7-9-17-10-8-14/h3-6,11,16-17H,7-10H2,1-2H3. The molecule has 1 heterocycles. The second-order valence-electron chi connectivity index (χ2n) is 4.85. The van der Waals surface area contributed by atoms with Gasteiger partial charge in [-0.25, -0.2) is 4.39 Å². The molecule has 94 valence electrons. The minimum Gasteiger partial charge on any atom is -0.316 e. The molecule has 3 heteroatoms. The number of alkyl halides is 1. The van der Waals surface area contributed by atoms with Crippen LogP contribution < -0.4 is 10.6 Å². The Kier molecular flexibility index (Phi) is 3.79. The van der Waals surface area contributed by atoms with Gasteiger partial charge < -0.3 is 10.6 Å². The normalized spacial score (nSPS) is 21.1. The number of piperidine rings is 1. The number of nitrogens with one attached hydrogen (secondary N) is 2. The zero-order valence-corrected chi connectivity index (χ0v) is 10.6. The maximum Gasteiger partial charge on any atom is 0.138 e. The molecule has 2 rings (SSSR count). The topological polar surface area (TPSA) is 24.1 Å². The van der Waals surface area contributed by atoms with E-state index < -0.39 is 5.67 Å². The first-order chi connectivity index (χ1) is 8.15. The molecule has 0 bridgehead atoms. The van der Waals surface area contributed by atoms with Gasteiger partial charge in [-0.2, -0.15) is 0 Å². The SMILES string of the molecule is CNC(C)c1ccc(C2(F)CCNCC2)cc1. The van der Waals surface area contributed by atoms with Gasteiger partial charge in [-0.1, -0.05) is 24.3 Å². The van der Waals surface area contributed by atoms with E-state index in [1.165, 1.54) is 5.56 Å². The van der Waals surface area contributed by atoms with E-state index in [9.17, 15) is 4.39 Å². The van der Waals surface area contributed by atoms with Crippen molar-refractivity contribution < 1.29 is 4.39 Å². The van der Waals surface area contributed by atoms with Crippen molar-refractivity contribution in [1.29, 1.82) is 0 Å². The second-order valence-corrected chi connectivity index (χ2v) is 4.85. The van der Waals surface area contributed by atoms with Gasteiger partial charge in [-0.15, -0.1) is 0 Å². The molecule has 0 saturated carbocycles. The van der Waals surface area contributed by atoms with Crippen LogP contribution in [0.4, 0.5) is 4.39 Å². The van der Waals surface area contributed by atoms with Crippen molar-refractivity contribution in [3.05, 3.63) is 35.4 Å². The molecule has 1 aromatic carbocycles. The van der Waals surface area contributed by atoms with Crippen molar-refractivity contribution >= 4 is 0 Å². The van der Waals surface area contributed by atoms with Gasteiger partial charge in [0.25, 0.3) is 0 Å². The Hall–Kier alpha value is -0.930. The largest absolute Gasteiger partial charge is 0.316 e. The highest BCUT2D eigenvalue weighted by molar-refractivity contribution is 5.29. The van der Waals surface area contributed by atoms with Crippen molar-refractivity contribution in [1.82, 2.24) is 10.6 Å². The summed E-state index contributed by atoms with van der Waals surface area (Å²) >= 11 is 0. The van der Waals surface area contributed by atoms with E-state index in [0.29, 0.717) is 18.9 Å². The summed E-state index contributed by atoms with van der Waals surface area (Å²) in [6.45, 7) is 3.64. The summed E-state index contributed by atoms with van der Waals surface area (Å²) in [5.41, 5.74) is 0.895. The highest BCUT2D eigenvalue weighted by atomic mass is 19.1. The van der Waals surface area contributed by atoms with Crippen LogP contribution >= 0.6 is 0 Å². The molecule has 17 heavy (non-hydrogen) atoms. The molecule has 0 aliphatic carbocycles. The van der Waals surface area contributed by atoms with Crippen LogP contribution in [0.25, 0.3) is 0 Å². The number of halogens is 1. The van der Waals surface area contributed by atoms with Crippen molar-refractivity contribution in [3.63, 3.8) is 0 Å². The average molecular weight is 236 g/mol. The van der Waals surface area contributed by atoms with E-state index in [0.717, 1.165) is 18.7 Å². The summed E-state index contributed by atoms with van der Waals surface area (Å²) in [5.74, 6) is 0. The van der Waals surface area contributed by atoms with E-state index in [1.807, 2.05) is 31.3 Å². The molecule has 1 atom stereocenters. The Labute approximate surface area is 103 Å². The van der Waals surface area contributed by atoms with Crippen LogP contribution in [0.5, 0.6) is 0 Å². The third kappa shape index (κ3) is 2.67. The number of benzene rings is 1. The number of hydrogen-bond donors (Lipinski definition) is 2. The fraction of sp³-hybridized carbons (Fsp3) is 0.571. The summed E-state index contributed by atoms with van der Waals surface area (Å²) in [7, 11) is 1.93. The maximum absolute atomic E-state index is 14.7. The lowest BCUT2D eigenvalue weighted by molar-refractivity contribution is 0.115. The summed E-state index contributed by atoms with van der Waals surface area (Å²) in [4.78, 5) is 0. The fourth-order valence-corrected chi connectivity index (χ4v) is 2.35. The van der Waals surface area contributed by atoms with Crippen LogP contribution in [0.15, 0.2) is 24.3 Å². The Bertz CT molecular complexity index is 355. The van der Waals surface area contributed by atoms with Crippen LogP contribution in [-0.4, -0.2) is 20.1 Å². The minimum absolute atomic E-state index is 0.313. The minimum atomic E-state index is -1.13. The zero-order valence-electron chi connectivity index (χ0n) is 10.6. The maximum atomic E-state index is 14.7. The van der Waals surface area contributed by atoms with Gasteiger partial charge in [-0.3, -0.25) is 0 Å². The first kappa shape index (κ1) is 12.5. The Morgan fingerprint density at radius 3 is 2.35 bits per heavy atom. The van der Waals surface area contributed by atoms with Crippen LogP contribution in [0.2, 0.25) is 0 Å². The molecule has 2 nitrogen and oxygen atoms in total. The quantitative estimate of drug-likeness (QED) is 0.842. The lowest BCUT2D eigenvalue weighted by Gasteiger charge is -2.30. The van der Waals surface area contributed by atoms with Gasteiger partial charge >= 0.3 is 0 Å². The highest BCUT2D eigenvalue weighted by Gasteiger charge is 2.33. The number of hydrogen-bond acceptors (Lipinski definition) is 2. The summed E-state index contributed by atoms with van der Waals surface area (Å²) < 4.78 is 14.7. The van der Waals surface area contributed by atoms with Crippen LogP contribution in [-0.2, 0) is 5.67 Å². The molecule has 1 unspecified atom stereocenters. The molecular weight excluding hydrogens is 215 g/mol. The third-order valence-corrected chi connectivity index (χ3v) is 3.76. The van der Waals surface area contributed by atoms with Gasteiger partial charge in [-0.05, 0) is 51.0 Å². The van der Waals surface area contributed by atoms with E-state index >= 15 is 0 Å². The Balaban J connectivity index is 2.16. The second kappa shape index (κ2) is 5.15. The Morgan fingerprint density at radius 1 is 1.24 bits per heavy atom. The fourth-order valence-electron chi connectivity index (χ4n) is 2.35. The number of rotatable bonds is 3. The van der Waals surface area contributed by atoms with E-state index in [2.05, 4.69) is 17.6 Å². The van der Waals surface area contributed by atoms with Crippen LogP contribution in [0, 0.1) is 0 Å². The van der Waals surface area contributed by atoms with Crippen molar-refractivity contribution in [3.8, 4) is 0 Å². The third-order valence-electron chi connectivity index (χ3n) is 3.76. The predicted molar refractivity (Wildman–Crippen MR) is 68.8 cm³/mol. The summed E-state index contributed by atoms with van der Waals surface area (Å²) in [5, 5.41) is 6.38. The first-order valence-electron chi connectivity index (χ1n) is 6.33. The lowest BCUT2D eigenvalue weighted by atomic mass is 9.86. The van der Waals surface area contributed by atoms with Gasteiger partial charge in [0.2, 0.25) is 0 Å². The monoisotopic (exact) mass is 236 g/mol. The van der Waals surface area contributed by atoms with Gasteiger partial charge in [0, 0.05) is 6.04 Å². The molecular formula is C14H21FN2. The zero-order chi connectivity index (χ0) is 12.3. The van der Waals surface area contributed by atoms with Crippen molar-refractivity contribution in [2.24, 2.45) is 0 Å². The molecule has 0 spiro atoms. The van der Waals surface area contributed by atoms with Crippen molar-refractivity contribution in [2.75, 3.05) is 20.1 Å². The summed E-state index contributed by atoms with van der Waals surface area (Å²) in [6, 6.07) is 8.25. The molecule has 1 fully saturated rings. The molecule has 1 aliphatic heterocycles. The molecule has 0 radical (unpaired) electrons. The van der Waals surface area contributed by atoms with Crippen LogP contribution in [0.3, 0.4) is 0 Å². The van der Waals surface area contributed by atoms with E-state index in [-0.39, 0.29) is 0 Å². The first-order valence-corrected chi connectivity index (χ1v) is 6.33. The van der Waals surface area contributed by atoms with E-state index in [4.69, 9.17) is 0 Å². The molecule has 0 aromatic heterocycles. The van der Waals surface area contributed by atoms with Gasteiger partial charge in [0.15, 0.2) is 0 Å². The molecule has 2 N–H and O–H groups in total. The Morgan fingerprint density at radius 2 is 1.82 bits per heavy atom. The predicted octanol–water partition coefficient (Wildman–Crippen LogP) is 2.52. The van der Waals surface area contributed by atoms with Crippen LogP contribution in [0.1, 0.15) is 36.9 Å². The van der Waals surface area contributed by atoms with Gasteiger partial charge in [0.1, 0.15) is 5.67 Å². The molecule has 0 amide bonds. The van der Waals surface area contributed by atoms with E-state index in [1.54, 1.807) is 0 Å². The molecule has 1 saturated heterocycles.